The van der Waals surface area contributed by atoms with E-state index >= 15 is 0 Å². The quantitative estimate of drug-likeness (QED) is 0.923. The molecule has 1 aliphatic heterocycles. The number of sulfonamides is 1. The molecular formula is C14H21NO3S. The van der Waals surface area contributed by atoms with Gasteiger partial charge in [-0.3, -0.25) is 0 Å². The van der Waals surface area contributed by atoms with Gasteiger partial charge in [-0.1, -0.05) is 19.1 Å². The second-order valence-corrected chi connectivity index (χ2v) is 7.18. The van der Waals surface area contributed by atoms with E-state index in [2.05, 4.69) is 6.92 Å². The molecule has 1 heterocycles. The van der Waals surface area contributed by atoms with Crippen molar-refractivity contribution < 1.29 is 13.5 Å². The van der Waals surface area contributed by atoms with Gasteiger partial charge in [0.2, 0.25) is 10.0 Å². The van der Waals surface area contributed by atoms with Gasteiger partial charge in [0.05, 0.1) is 11.5 Å². The molecule has 1 N–H and O–H groups in total. The summed E-state index contributed by atoms with van der Waals surface area (Å²) < 4.78 is 26.7. The fourth-order valence-electron chi connectivity index (χ4n) is 2.43. The minimum absolute atomic E-state index is 0.138. The summed E-state index contributed by atoms with van der Waals surface area (Å²) in [5.41, 5.74) is 0.629. The van der Waals surface area contributed by atoms with Gasteiger partial charge in [-0.25, -0.2) is 8.42 Å². The summed E-state index contributed by atoms with van der Waals surface area (Å²) in [4.78, 5) is 0.286. The van der Waals surface area contributed by atoms with E-state index in [9.17, 15) is 8.42 Å². The van der Waals surface area contributed by atoms with Gasteiger partial charge in [-0.05, 0) is 42.9 Å². The van der Waals surface area contributed by atoms with Crippen molar-refractivity contribution in [1.82, 2.24) is 4.31 Å². The van der Waals surface area contributed by atoms with Crippen LogP contribution in [-0.2, 0) is 16.6 Å². The highest BCUT2D eigenvalue weighted by Crippen LogP contribution is 2.23. The molecule has 0 radical (unpaired) electrons. The fraction of sp³-hybridized carbons (Fsp3) is 0.571. The average molecular weight is 283 g/mol. The number of hydrogen-bond acceptors (Lipinski definition) is 3. The van der Waals surface area contributed by atoms with Crippen LogP contribution in [-0.4, -0.2) is 30.9 Å². The first kappa shape index (κ1) is 14.5. The molecule has 1 fully saturated rings. The van der Waals surface area contributed by atoms with Crippen LogP contribution in [0.3, 0.4) is 0 Å². The predicted molar refractivity (Wildman–Crippen MR) is 74.1 cm³/mol. The van der Waals surface area contributed by atoms with Gasteiger partial charge in [0, 0.05) is 13.1 Å². The lowest BCUT2D eigenvalue weighted by molar-refractivity contribution is 0.281. The van der Waals surface area contributed by atoms with Crippen LogP contribution in [0.15, 0.2) is 29.2 Å². The number of rotatable bonds is 3. The van der Waals surface area contributed by atoms with Crippen molar-refractivity contribution in [2.45, 2.75) is 37.7 Å². The van der Waals surface area contributed by atoms with Crippen LogP contribution in [0.4, 0.5) is 0 Å². The minimum Gasteiger partial charge on any atom is -0.392 e. The van der Waals surface area contributed by atoms with Crippen molar-refractivity contribution in [3.8, 4) is 0 Å². The molecule has 2 rings (SSSR count). The summed E-state index contributed by atoms with van der Waals surface area (Å²) in [6, 6.07) is 6.56. The Labute approximate surface area is 115 Å². The molecule has 1 aliphatic rings. The molecule has 5 heteroatoms. The van der Waals surface area contributed by atoms with Gasteiger partial charge < -0.3 is 5.11 Å². The summed E-state index contributed by atoms with van der Waals surface area (Å²) in [5.74, 6) is 0.587. The summed E-state index contributed by atoms with van der Waals surface area (Å²) in [6.45, 7) is 3.21. The minimum atomic E-state index is -3.42. The van der Waals surface area contributed by atoms with Crippen LogP contribution >= 0.6 is 0 Å². The number of aliphatic hydroxyl groups excluding tert-OH is 1. The fourth-order valence-corrected chi connectivity index (χ4v) is 3.99. The summed E-state index contributed by atoms with van der Waals surface area (Å²) in [6.07, 6.45) is 2.92. The normalized spacial score (nSPS) is 22.1. The Hall–Kier alpha value is -0.910. The SMILES string of the molecule is CC1CCCN(S(=O)(=O)c2cccc(CO)c2)CC1. The lowest BCUT2D eigenvalue weighted by Gasteiger charge is -2.20. The Balaban J connectivity index is 2.25. The topological polar surface area (TPSA) is 57.6 Å². The second-order valence-electron chi connectivity index (χ2n) is 5.25. The highest BCUT2D eigenvalue weighted by atomic mass is 32.2. The van der Waals surface area contributed by atoms with Crippen LogP contribution in [0.2, 0.25) is 0 Å². The van der Waals surface area contributed by atoms with Gasteiger partial charge in [0.1, 0.15) is 0 Å². The smallest absolute Gasteiger partial charge is 0.243 e. The molecule has 1 saturated heterocycles. The van der Waals surface area contributed by atoms with Gasteiger partial charge in [0.15, 0.2) is 0 Å². The Morgan fingerprint density at radius 3 is 2.84 bits per heavy atom. The molecule has 19 heavy (non-hydrogen) atoms. The Bertz CT molecular complexity index is 527. The zero-order valence-corrected chi connectivity index (χ0v) is 12.1. The van der Waals surface area contributed by atoms with Crippen molar-refractivity contribution in [2.24, 2.45) is 5.92 Å². The maximum Gasteiger partial charge on any atom is 0.243 e. The predicted octanol–water partition coefficient (Wildman–Crippen LogP) is 1.99. The van der Waals surface area contributed by atoms with Crippen molar-refractivity contribution in [1.29, 1.82) is 0 Å². The zero-order valence-electron chi connectivity index (χ0n) is 11.2. The molecule has 0 aromatic heterocycles. The molecule has 106 valence electrons. The van der Waals surface area contributed by atoms with Crippen LogP contribution in [0, 0.1) is 5.92 Å². The number of nitrogens with zero attached hydrogens (tertiary/aromatic N) is 1. The second kappa shape index (κ2) is 6.03. The Morgan fingerprint density at radius 2 is 2.11 bits per heavy atom. The lowest BCUT2D eigenvalue weighted by atomic mass is 10.0. The van der Waals surface area contributed by atoms with E-state index in [4.69, 9.17) is 5.11 Å². The van der Waals surface area contributed by atoms with E-state index < -0.39 is 10.0 Å². The Morgan fingerprint density at radius 1 is 1.32 bits per heavy atom. The molecule has 0 saturated carbocycles. The van der Waals surface area contributed by atoms with E-state index in [0.29, 0.717) is 24.6 Å². The lowest BCUT2D eigenvalue weighted by Crippen LogP contribution is -2.32. The van der Waals surface area contributed by atoms with E-state index in [1.807, 2.05) is 0 Å². The molecular weight excluding hydrogens is 262 g/mol. The molecule has 0 bridgehead atoms. The van der Waals surface area contributed by atoms with Crippen molar-refractivity contribution in [3.63, 3.8) is 0 Å². The summed E-state index contributed by atoms with van der Waals surface area (Å²) in [7, 11) is -3.42. The third-order valence-corrected chi connectivity index (χ3v) is 5.59. The van der Waals surface area contributed by atoms with Crippen molar-refractivity contribution in [3.05, 3.63) is 29.8 Å². The first-order valence-corrected chi connectivity index (χ1v) is 8.18. The third kappa shape index (κ3) is 3.35. The first-order valence-electron chi connectivity index (χ1n) is 6.74. The van der Waals surface area contributed by atoms with Gasteiger partial charge in [-0.2, -0.15) is 4.31 Å². The van der Waals surface area contributed by atoms with E-state index in [1.165, 1.54) is 0 Å². The molecule has 1 aromatic carbocycles. The first-order chi connectivity index (χ1) is 9.04. The van der Waals surface area contributed by atoms with Crippen molar-refractivity contribution in [2.75, 3.05) is 13.1 Å². The van der Waals surface area contributed by atoms with Gasteiger partial charge >= 0.3 is 0 Å². The maximum absolute atomic E-state index is 12.6. The zero-order chi connectivity index (χ0) is 13.9. The highest BCUT2D eigenvalue weighted by molar-refractivity contribution is 7.89. The van der Waals surface area contributed by atoms with Gasteiger partial charge in [0.25, 0.3) is 0 Å². The van der Waals surface area contributed by atoms with Crippen LogP contribution in [0.1, 0.15) is 31.7 Å². The molecule has 0 spiro atoms. The highest BCUT2D eigenvalue weighted by Gasteiger charge is 2.26. The molecule has 1 unspecified atom stereocenters. The van der Waals surface area contributed by atoms with Crippen LogP contribution in [0.25, 0.3) is 0 Å². The van der Waals surface area contributed by atoms with Gasteiger partial charge in [-0.15, -0.1) is 0 Å². The van der Waals surface area contributed by atoms with E-state index in [0.717, 1.165) is 19.3 Å². The maximum atomic E-state index is 12.6. The van der Waals surface area contributed by atoms with E-state index in [-0.39, 0.29) is 11.5 Å². The molecule has 4 nitrogen and oxygen atoms in total. The molecule has 0 amide bonds. The molecule has 1 atom stereocenters. The molecule has 1 aromatic rings. The van der Waals surface area contributed by atoms with E-state index in [1.54, 1.807) is 28.6 Å². The van der Waals surface area contributed by atoms with Crippen LogP contribution < -0.4 is 0 Å². The van der Waals surface area contributed by atoms with Crippen molar-refractivity contribution >= 4 is 10.0 Å². The standard InChI is InChI=1S/C14H21NO3S/c1-12-4-3-8-15(9-7-12)19(17,18)14-6-2-5-13(10-14)11-16/h2,5-6,10,12,16H,3-4,7-9,11H2,1H3. The largest absolute Gasteiger partial charge is 0.392 e. The number of hydrogen-bond donors (Lipinski definition) is 1. The average Bonchev–Trinajstić information content (AvgIpc) is 2.64. The Kier molecular flexibility index (Phi) is 4.60. The van der Waals surface area contributed by atoms with Crippen LogP contribution in [0.5, 0.6) is 0 Å². The monoisotopic (exact) mass is 283 g/mol. The number of aliphatic hydroxyl groups is 1. The summed E-state index contributed by atoms with van der Waals surface area (Å²) >= 11 is 0. The number of benzene rings is 1. The molecule has 0 aliphatic carbocycles. The third-order valence-electron chi connectivity index (χ3n) is 3.69. The summed E-state index contributed by atoms with van der Waals surface area (Å²) in [5, 5.41) is 9.11.